The van der Waals surface area contributed by atoms with Gasteiger partial charge in [0.05, 0.1) is 13.7 Å². The van der Waals surface area contributed by atoms with Crippen molar-refractivity contribution in [1.82, 2.24) is 10.2 Å². The first-order valence-electron chi connectivity index (χ1n) is 10.1. The number of urea groups is 1. The number of amides is 3. The minimum atomic E-state index is -0.633. The van der Waals surface area contributed by atoms with Gasteiger partial charge in [0.2, 0.25) is 0 Å². The smallest absolute Gasteiger partial charge is 0.329 e. The number of halogens is 2. The number of ether oxygens (including phenoxy) is 2. The van der Waals surface area contributed by atoms with Crippen LogP contribution in [0.2, 0.25) is 0 Å². The number of nitrogens with zero attached hydrogens (tertiary/aromatic N) is 1. The minimum Gasteiger partial charge on any atom is -0.493 e. The van der Waals surface area contributed by atoms with E-state index < -0.39 is 17.8 Å². The van der Waals surface area contributed by atoms with E-state index in [1.807, 2.05) is 0 Å². The molecule has 8 heteroatoms. The third-order valence-electron chi connectivity index (χ3n) is 5.09. The van der Waals surface area contributed by atoms with E-state index in [-0.39, 0.29) is 30.2 Å². The Morgan fingerprint density at radius 2 is 1.58 bits per heavy atom. The van der Waals surface area contributed by atoms with Crippen LogP contribution in [0.1, 0.15) is 16.7 Å². The Labute approximate surface area is 189 Å². The maximum Gasteiger partial charge on any atom is 0.329 e. The number of carbonyl (C=O) groups excluding carboxylic acids is 2. The molecule has 3 aromatic carbocycles. The molecule has 3 aromatic rings. The monoisotopic (exact) mass is 450 g/mol. The van der Waals surface area contributed by atoms with Crippen LogP contribution in [0.4, 0.5) is 13.6 Å². The van der Waals surface area contributed by atoms with Crippen LogP contribution < -0.4 is 14.8 Å². The van der Waals surface area contributed by atoms with Gasteiger partial charge < -0.3 is 14.8 Å². The lowest BCUT2D eigenvalue weighted by Gasteiger charge is -2.12. The summed E-state index contributed by atoms with van der Waals surface area (Å²) in [6, 6.07) is 16.6. The van der Waals surface area contributed by atoms with Crippen LogP contribution in [0.5, 0.6) is 11.5 Å². The Kier molecular flexibility index (Phi) is 6.35. The summed E-state index contributed by atoms with van der Waals surface area (Å²) in [4.78, 5) is 25.9. The van der Waals surface area contributed by atoms with Crippen LogP contribution in [0, 0.1) is 11.6 Å². The maximum atomic E-state index is 13.9. The second-order valence-electron chi connectivity index (χ2n) is 7.26. The molecule has 0 aliphatic carbocycles. The highest BCUT2D eigenvalue weighted by atomic mass is 19.1. The lowest BCUT2D eigenvalue weighted by atomic mass is 10.1. The zero-order valence-electron chi connectivity index (χ0n) is 17.7. The highest BCUT2D eigenvalue weighted by Crippen LogP contribution is 2.30. The summed E-state index contributed by atoms with van der Waals surface area (Å²) in [5.41, 5.74) is 1.26. The number of methoxy groups -OCH3 is 1. The van der Waals surface area contributed by atoms with Crippen molar-refractivity contribution in [1.29, 1.82) is 0 Å². The molecule has 0 saturated carbocycles. The molecule has 3 amide bonds. The Bertz CT molecular complexity index is 1240. The van der Waals surface area contributed by atoms with Gasteiger partial charge in [-0.15, -0.1) is 0 Å². The van der Waals surface area contributed by atoms with Gasteiger partial charge in [-0.2, -0.15) is 0 Å². The van der Waals surface area contributed by atoms with E-state index in [9.17, 15) is 18.4 Å². The molecule has 0 atom stereocenters. The van der Waals surface area contributed by atoms with E-state index in [4.69, 9.17) is 9.47 Å². The van der Waals surface area contributed by atoms with Gasteiger partial charge in [-0.25, -0.2) is 13.6 Å². The van der Waals surface area contributed by atoms with Gasteiger partial charge in [0.15, 0.2) is 11.5 Å². The highest BCUT2D eigenvalue weighted by Gasteiger charge is 2.34. The van der Waals surface area contributed by atoms with E-state index in [2.05, 4.69) is 5.32 Å². The predicted molar refractivity (Wildman–Crippen MR) is 117 cm³/mol. The SMILES string of the molecule is COc1cc(/C=C2/NC(=O)N(Cc3ccccc3F)C2=O)ccc1OCc1ccccc1F. The molecule has 6 nitrogen and oxygen atoms in total. The molecule has 1 fully saturated rings. The summed E-state index contributed by atoms with van der Waals surface area (Å²) in [5.74, 6) is -0.659. The molecule has 1 N–H and O–H groups in total. The molecule has 1 aliphatic heterocycles. The van der Waals surface area contributed by atoms with Crippen LogP contribution >= 0.6 is 0 Å². The van der Waals surface area contributed by atoms with Gasteiger partial charge in [0.1, 0.15) is 23.9 Å². The number of hydrogen-bond donors (Lipinski definition) is 1. The molecule has 168 valence electrons. The lowest BCUT2D eigenvalue weighted by Crippen LogP contribution is -2.30. The second kappa shape index (κ2) is 9.52. The van der Waals surface area contributed by atoms with Crippen LogP contribution in [-0.2, 0) is 17.9 Å². The number of carbonyl (C=O) groups is 2. The van der Waals surface area contributed by atoms with Crippen molar-refractivity contribution < 1.29 is 27.8 Å². The number of nitrogens with one attached hydrogen (secondary N) is 1. The number of benzene rings is 3. The third kappa shape index (κ3) is 4.85. The van der Waals surface area contributed by atoms with Gasteiger partial charge in [-0.05, 0) is 35.9 Å². The summed E-state index contributed by atoms with van der Waals surface area (Å²) >= 11 is 0. The second-order valence-corrected chi connectivity index (χ2v) is 7.26. The fourth-order valence-corrected chi connectivity index (χ4v) is 3.34. The number of hydrogen-bond acceptors (Lipinski definition) is 4. The van der Waals surface area contributed by atoms with Crippen LogP contribution in [-0.4, -0.2) is 23.9 Å². The van der Waals surface area contributed by atoms with Gasteiger partial charge in [0, 0.05) is 11.1 Å². The molecular weight excluding hydrogens is 430 g/mol. The van der Waals surface area contributed by atoms with Crippen molar-refractivity contribution in [3.05, 3.63) is 101 Å². The Morgan fingerprint density at radius 1 is 0.909 bits per heavy atom. The average molecular weight is 450 g/mol. The van der Waals surface area contributed by atoms with Crippen LogP contribution in [0.3, 0.4) is 0 Å². The van der Waals surface area contributed by atoms with E-state index in [0.29, 0.717) is 22.6 Å². The van der Waals surface area contributed by atoms with Crippen molar-refractivity contribution in [2.24, 2.45) is 0 Å². The standard InChI is InChI=1S/C25H20F2N2O4/c1-32-23-13-16(10-11-22(23)33-15-18-7-3-5-9-20(18)27)12-21-24(30)29(25(31)28-21)14-17-6-2-4-8-19(17)26/h2-13H,14-15H2,1H3,(H,28,31)/b21-12+. The minimum absolute atomic E-state index is 0.0169. The summed E-state index contributed by atoms with van der Waals surface area (Å²) in [7, 11) is 1.46. The number of imide groups is 1. The van der Waals surface area contributed by atoms with Crippen molar-refractivity contribution in [2.45, 2.75) is 13.2 Å². The summed E-state index contributed by atoms with van der Waals surface area (Å²) in [5, 5.41) is 2.51. The van der Waals surface area contributed by atoms with Crippen LogP contribution in [0.15, 0.2) is 72.4 Å². The average Bonchev–Trinajstić information content (AvgIpc) is 3.07. The predicted octanol–water partition coefficient (Wildman–Crippen LogP) is 4.65. The van der Waals surface area contributed by atoms with E-state index >= 15 is 0 Å². The van der Waals surface area contributed by atoms with E-state index in [1.165, 1.54) is 37.5 Å². The van der Waals surface area contributed by atoms with Gasteiger partial charge in [0.25, 0.3) is 5.91 Å². The fourth-order valence-electron chi connectivity index (χ4n) is 3.34. The van der Waals surface area contributed by atoms with Crippen molar-refractivity contribution in [2.75, 3.05) is 7.11 Å². The van der Waals surface area contributed by atoms with Gasteiger partial charge >= 0.3 is 6.03 Å². The van der Waals surface area contributed by atoms with E-state index in [1.54, 1.807) is 42.5 Å². The largest absolute Gasteiger partial charge is 0.493 e. The molecule has 1 aliphatic rings. The number of rotatable bonds is 7. The molecule has 0 aromatic heterocycles. The van der Waals surface area contributed by atoms with Crippen molar-refractivity contribution in [3.63, 3.8) is 0 Å². The lowest BCUT2D eigenvalue weighted by molar-refractivity contribution is -0.123. The van der Waals surface area contributed by atoms with Crippen LogP contribution in [0.25, 0.3) is 6.08 Å². The van der Waals surface area contributed by atoms with Crippen molar-refractivity contribution in [3.8, 4) is 11.5 Å². The zero-order valence-corrected chi connectivity index (χ0v) is 17.7. The highest BCUT2D eigenvalue weighted by molar-refractivity contribution is 6.13. The normalized spacial score (nSPS) is 14.5. The first-order chi connectivity index (χ1) is 16.0. The Morgan fingerprint density at radius 3 is 2.24 bits per heavy atom. The molecule has 0 radical (unpaired) electrons. The summed E-state index contributed by atoms with van der Waals surface area (Å²) in [6.07, 6.45) is 1.49. The Balaban J connectivity index is 1.50. The molecule has 1 saturated heterocycles. The van der Waals surface area contributed by atoms with Crippen molar-refractivity contribution >= 4 is 18.0 Å². The molecule has 0 spiro atoms. The summed E-state index contributed by atoms with van der Waals surface area (Å²) in [6.45, 7) is -0.163. The third-order valence-corrected chi connectivity index (χ3v) is 5.09. The molecule has 0 unspecified atom stereocenters. The molecule has 33 heavy (non-hydrogen) atoms. The quantitative estimate of drug-likeness (QED) is 0.421. The first-order valence-corrected chi connectivity index (χ1v) is 10.1. The first kappa shape index (κ1) is 22.0. The topological polar surface area (TPSA) is 67.9 Å². The maximum absolute atomic E-state index is 13.9. The fraction of sp³-hybridized carbons (Fsp3) is 0.120. The van der Waals surface area contributed by atoms with Gasteiger partial charge in [-0.3, -0.25) is 9.69 Å². The molecule has 4 rings (SSSR count). The Hall–Kier alpha value is -4.20. The summed E-state index contributed by atoms with van der Waals surface area (Å²) < 4.78 is 38.8. The molecule has 0 bridgehead atoms. The molecular formula is C25H20F2N2O4. The molecule has 1 heterocycles. The van der Waals surface area contributed by atoms with Gasteiger partial charge in [-0.1, -0.05) is 42.5 Å². The zero-order chi connectivity index (χ0) is 23.4. The van der Waals surface area contributed by atoms with E-state index in [0.717, 1.165) is 4.90 Å².